The third kappa shape index (κ3) is 9.89. The molecule has 2 saturated carbocycles. The summed E-state index contributed by atoms with van der Waals surface area (Å²) in [4.78, 5) is 35.0. The van der Waals surface area contributed by atoms with Crippen molar-refractivity contribution in [2.24, 2.45) is 11.5 Å². The van der Waals surface area contributed by atoms with Gasteiger partial charge in [-0.3, -0.25) is 24.4 Å². The Morgan fingerprint density at radius 2 is 1.35 bits per heavy atom. The number of nitrogens with zero attached hydrogens (tertiary/aromatic N) is 6. The van der Waals surface area contributed by atoms with Crippen LogP contribution in [0.1, 0.15) is 72.1 Å². The van der Waals surface area contributed by atoms with Crippen molar-refractivity contribution in [2.45, 2.75) is 74.5 Å². The first-order valence-electron chi connectivity index (χ1n) is 20.8. The van der Waals surface area contributed by atoms with Crippen molar-refractivity contribution in [3.8, 4) is 0 Å². The second-order valence-electron chi connectivity index (χ2n) is 16.2. The van der Waals surface area contributed by atoms with Crippen molar-refractivity contribution in [2.75, 3.05) is 34.4 Å². The van der Waals surface area contributed by atoms with Gasteiger partial charge in [-0.05, 0) is 112 Å². The number of carbonyl (C=O) groups excluding carboxylic acids is 2. The summed E-state index contributed by atoms with van der Waals surface area (Å²) in [5.74, 6) is -1.54. The number of carbonyl (C=O) groups is 2. The van der Waals surface area contributed by atoms with Crippen molar-refractivity contribution >= 4 is 46.3 Å². The van der Waals surface area contributed by atoms with Crippen LogP contribution in [0.2, 0.25) is 0 Å². The number of amides is 2. The molecule has 2 amide bonds. The number of nitrogens with one attached hydrogen (secondary N) is 6. The van der Waals surface area contributed by atoms with Crippen molar-refractivity contribution in [1.29, 1.82) is 0 Å². The van der Waals surface area contributed by atoms with Crippen LogP contribution < -0.4 is 43.6 Å². The van der Waals surface area contributed by atoms with Crippen LogP contribution in [-0.2, 0) is 11.1 Å². The molecule has 6 aromatic rings. The average Bonchev–Trinajstić information content (AvgIpc) is 3.92. The Bertz CT molecular complexity index is 2520. The molecule has 4 heterocycles. The molecule has 0 bridgehead atoms. The van der Waals surface area contributed by atoms with E-state index in [0.717, 1.165) is 18.7 Å². The summed E-state index contributed by atoms with van der Waals surface area (Å²) >= 11 is 0. The van der Waals surface area contributed by atoms with Crippen LogP contribution in [0.15, 0.2) is 104 Å². The van der Waals surface area contributed by atoms with E-state index < -0.39 is 34.7 Å². The van der Waals surface area contributed by atoms with Gasteiger partial charge in [-0.15, -0.1) is 0 Å². The normalized spacial score (nSPS) is 21.0. The molecule has 0 atom stereocenters. The van der Waals surface area contributed by atoms with Crippen molar-refractivity contribution < 1.29 is 22.8 Å². The van der Waals surface area contributed by atoms with Crippen LogP contribution in [0.5, 0.6) is 0 Å². The molecular formula is C44H49F3N14O2. The Labute approximate surface area is 361 Å². The van der Waals surface area contributed by atoms with Gasteiger partial charge in [0.25, 0.3) is 11.8 Å². The van der Waals surface area contributed by atoms with Crippen LogP contribution in [0.3, 0.4) is 0 Å². The van der Waals surface area contributed by atoms with E-state index in [4.69, 9.17) is 21.7 Å². The third-order valence-electron chi connectivity index (χ3n) is 12.1. The van der Waals surface area contributed by atoms with Gasteiger partial charge in [0.2, 0.25) is 5.95 Å². The first kappa shape index (κ1) is 42.7. The highest BCUT2D eigenvalue weighted by Crippen LogP contribution is 2.38. The maximum atomic E-state index is 14.3. The van der Waals surface area contributed by atoms with Gasteiger partial charge in [-0.2, -0.15) is 14.6 Å². The largest absolute Gasteiger partial charge is 0.382 e. The summed E-state index contributed by atoms with van der Waals surface area (Å²) in [5, 5.41) is 22.8. The number of hydrogen-bond acceptors (Lipinski definition) is 12. The van der Waals surface area contributed by atoms with Gasteiger partial charge >= 0.3 is 0 Å². The molecule has 16 nitrogen and oxygen atoms in total. The lowest BCUT2D eigenvalue weighted by atomic mass is 9.79. The lowest BCUT2D eigenvalue weighted by Crippen LogP contribution is -2.52. The Morgan fingerprint density at radius 1 is 0.683 bits per heavy atom. The SMILES string of the molecule is NCC1(n2cc(C(=O)NNCC3(n4cc(C(N)=O)c(Nc5ccnc(F)c5)n4)CCC(Nc4ccccn4)CC3)c(Nc3ccc(F)cc3)n2)CCC(Nc2cccc(F)c2)CC1. The first-order chi connectivity index (χ1) is 30.5. The fourth-order valence-electron chi connectivity index (χ4n) is 8.49. The van der Waals surface area contributed by atoms with Crippen LogP contribution >= 0.6 is 0 Å². The zero-order valence-corrected chi connectivity index (χ0v) is 34.3. The second-order valence-corrected chi connectivity index (χ2v) is 16.2. The van der Waals surface area contributed by atoms with E-state index in [-0.39, 0.29) is 53.8 Å². The van der Waals surface area contributed by atoms with Crippen molar-refractivity contribution in [3.05, 3.63) is 132 Å². The molecule has 2 aliphatic carbocycles. The van der Waals surface area contributed by atoms with E-state index in [1.807, 2.05) is 24.3 Å². The Kier molecular flexibility index (Phi) is 12.6. The maximum Gasteiger partial charge on any atom is 0.270 e. The van der Waals surface area contributed by atoms with Gasteiger partial charge in [0.15, 0.2) is 11.6 Å². The van der Waals surface area contributed by atoms with E-state index >= 15 is 0 Å². The van der Waals surface area contributed by atoms with E-state index in [2.05, 4.69) is 42.1 Å². The van der Waals surface area contributed by atoms with E-state index in [9.17, 15) is 22.8 Å². The zero-order chi connectivity index (χ0) is 44.0. The average molecular weight is 863 g/mol. The lowest BCUT2D eigenvalue weighted by molar-refractivity contribution is 0.0907. The summed E-state index contributed by atoms with van der Waals surface area (Å²) in [6.07, 6.45) is 11.5. The fraction of sp³-hybridized carbons (Fsp3) is 0.318. The predicted octanol–water partition coefficient (Wildman–Crippen LogP) is 6.27. The summed E-state index contributed by atoms with van der Waals surface area (Å²) in [6.45, 7) is 0.430. The number of primary amides is 1. The standard InChI is InChI=1S/C44H49F3N14O2/c45-28-7-9-30(10-8-28)55-41-36(25-60(59-41)43(26-48)16-11-31(12-17-43)53-33-5-3-4-29(46)22-33)42(63)57-52-27-44(18-13-32(14-19-44)54-38-6-1-2-20-51-38)61-24-35(39(49)62)40(58-61)56-34-15-21-50-37(47)23-34/h1-10,15,20-25,31-32,52-53H,11-14,16-19,26-27,48H2,(H2,49,62)(H,51,54)(H,55,59)(H,57,63)(H,50,56,58). The van der Waals surface area contributed by atoms with Crippen molar-refractivity contribution in [3.63, 3.8) is 0 Å². The monoisotopic (exact) mass is 862 g/mol. The smallest absolute Gasteiger partial charge is 0.270 e. The molecule has 19 heteroatoms. The number of nitrogens with two attached hydrogens (primary N) is 2. The van der Waals surface area contributed by atoms with Crippen LogP contribution in [0.25, 0.3) is 0 Å². The number of rotatable bonds is 16. The Balaban J connectivity index is 1.03. The number of aromatic nitrogens is 6. The number of benzene rings is 2. The molecule has 0 spiro atoms. The number of hydrogen-bond donors (Lipinski definition) is 8. The molecule has 10 N–H and O–H groups in total. The molecule has 0 saturated heterocycles. The Morgan fingerprint density at radius 3 is 2.02 bits per heavy atom. The van der Waals surface area contributed by atoms with E-state index in [0.29, 0.717) is 55.6 Å². The van der Waals surface area contributed by atoms with Gasteiger partial charge in [0.1, 0.15) is 28.6 Å². The molecule has 4 aromatic heterocycles. The Hall–Kier alpha value is -6.99. The van der Waals surface area contributed by atoms with Crippen LogP contribution in [0.4, 0.5) is 47.7 Å². The molecule has 2 fully saturated rings. The fourth-order valence-corrected chi connectivity index (χ4v) is 8.49. The molecular weight excluding hydrogens is 814 g/mol. The number of pyridine rings is 2. The highest BCUT2D eigenvalue weighted by atomic mass is 19.1. The van der Waals surface area contributed by atoms with E-state index in [1.54, 1.807) is 52.2 Å². The molecule has 0 unspecified atom stereocenters. The minimum Gasteiger partial charge on any atom is -0.382 e. The molecule has 0 aliphatic heterocycles. The summed E-state index contributed by atoms with van der Waals surface area (Å²) in [6, 6.07) is 20.6. The number of hydrazine groups is 1. The molecule has 2 aromatic carbocycles. The highest BCUT2D eigenvalue weighted by molar-refractivity contribution is 5.99. The van der Waals surface area contributed by atoms with E-state index in [1.165, 1.54) is 36.5 Å². The van der Waals surface area contributed by atoms with Crippen LogP contribution in [-0.4, -0.2) is 66.5 Å². The molecule has 63 heavy (non-hydrogen) atoms. The third-order valence-corrected chi connectivity index (χ3v) is 12.1. The van der Waals surface area contributed by atoms with Gasteiger partial charge in [0, 0.05) is 73.1 Å². The van der Waals surface area contributed by atoms with Gasteiger partial charge in [-0.1, -0.05) is 12.1 Å². The minimum atomic E-state index is -0.773. The molecule has 8 rings (SSSR count). The highest BCUT2D eigenvalue weighted by Gasteiger charge is 2.40. The second kappa shape index (κ2) is 18.5. The van der Waals surface area contributed by atoms with Gasteiger partial charge < -0.3 is 32.7 Å². The summed E-state index contributed by atoms with van der Waals surface area (Å²) < 4.78 is 45.3. The molecule has 2 aliphatic rings. The lowest BCUT2D eigenvalue weighted by Gasteiger charge is -2.41. The van der Waals surface area contributed by atoms with Crippen molar-refractivity contribution in [1.82, 2.24) is 40.4 Å². The number of halogens is 3. The topological polar surface area (TPSA) is 220 Å². The molecule has 328 valence electrons. The molecule has 0 radical (unpaired) electrons. The summed E-state index contributed by atoms with van der Waals surface area (Å²) in [5.41, 5.74) is 18.8. The maximum absolute atomic E-state index is 14.3. The zero-order valence-electron chi connectivity index (χ0n) is 34.3. The van der Waals surface area contributed by atoms with Gasteiger partial charge in [0.05, 0.1) is 11.1 Å². The number of anilines is 6. The van der Waals surface area contributed by atoms with Crippen LogP contribution in [0, 0.1) is 17.6 Å². The predicted molar refractivity (Wildman–Crippen MR) is 233 cm³/mol. The first-order valence-corrected chi connectivity index (χ1v) is 20.8. The summed E-state index contributed by atoms with van der Waals surface area (Å²) in [7, 11) is 0. The van der Waals surface area contributed by atoms with Gasteiger partial charge in [-0.25, -0.2) is 24.2 Å². The minimum absolute atomic E-state index is 0.0818. The quantitative estimate of drug-likeness (QED) is 0.0399.